The molecule has 0 aliphatic rings. The highest BCUT2D eigenvalue weighted by atomic mass is 19.2. The van der Waals surface area contributed by atoms with E-state index in [2.05, 4.69) is 37.8 Å². The van der Waals surface area contributed by atoms with Crippen molar-refractivity contribution in [2.45, 2.75) is 26.2 Å². The summed E-state index contributed by atoms with van der Waals surface area (Å²) >= 11 is 0. The normalized spacial score (nSPS) is 9.86. The minimum Gasteiger partial charge on any atom is -0.207 e. The first-order valence-corrected chi connectivity index (χ1v) is 6.99. The van der Waals surface area contributed by atoms with Crippen LogP contribution in [0.15, 0.2) is 43.0 Å². The highest BCUT2D eigenvalue weighted by Gasteiger charge is 2.09. The smallest absolute Gasteiger partial charge is 0.194 e. The Labute approximate surface area is 128 Å². The van der Waals surface area contributed by atoms with E-state index in [4.69, 9.17) is 0 Å². The van der Waals surface area contributed by atoms with Crippen molar-refractivity contribution in [2.75, 3.05) is 0 Å². The summed E-state index contributed by atoms with van der Waals surface area (Å²) in [4.78, 5) is 0. The maximum atomic E-state index is 12.0. The Hall–Kier alpha value is -2.10. The second-order valence-electron chi connectivity index (χ2n) is 4.73. The molecule has 0 atom stereocenters. The van der Waals surface area contributed by atoms with Gasteiger partial charge >= 0.3 is 0 Å². The summed E-state index contributed by atoms with van der Waals surface area (Å²) in [6.07, 6.45) is 5.63. The molecule has 0 bridgehead atoms. The van der Waals surface area contributed by atoms with Crippen molar-refractivity contribution in [1.82, 2.24) is 0 Å². The number of hydrogen-bond donors (Lipinski definition) is 0. The van der Waals surface area contributed by atoms with Crippen LogP contribution in [-0.4, -0.2) is 0 Å². The molecule has 0 radical (unpaired) electrons. The summed E-state index contributed by atoms with van der Waals surface area (Å²) in [6.45, 7) is 5.94. The summed E-state index contributed by atoms with van der Waals surface area (Å²) in [7, 11) is 0. The Morgan fingerprint density at radius 3 is 1.95 bits per heavy atom. The van der Waals surface area contributed by atoms with E-state index in [1.807, 2.05) is 6.08 Å². The summed E-state index contributed by atoms with van der Waals surface area (Å²) in [5, 5.41) is 0. The lowest BCUT2D eigenvalue weighted by Gasteiger charge is -1.99. The maximum absolute atomic E-state index is 12.0. The van der Waals surface area contributed by atoms with Crippen molar-refractivity contribution in [3.8, 4) is 0 Å². The molecule has 0 unspecified atom stereocenters. The molecule has 0 fully saturated rings. The molecule has 2 aromatic carbocycles. The first kappa shape index (κ1) is 18.0. The summed E-state index contributed by atoms with van der Waals surface area (Å²) < 4.78 is 47.9. The molecule has 0 aromatic heterocycles. The molecular formula is C18H18F4. The zero-order chi connectivity index (χ0) is 16.5. The van der Waals surface area contributed by atoms with Gasteiger partial charge in [0.1, 0.15) is 5.82 Å². The van der Waals surface area contributed by atoms with E-state index in [-0.39, 0.29) is 12.1 Å². The number of unbranched alkanes of at least 4 members (excludes halogenated alkanes) is 1. The molecule has 0 aliphatic heterocycles. The van der Waals surface area contributed by atoms with Crippen LogP contribution in [0.4, 0.5) is 17.6 Å². The monoisotopic (exact) mass is 310 g/mol. The Morgan fingerprint density at radius 2 is 1.50 bits per heavy atom. The zero-order valence-corrected chi connectivity index (χ0v) is 12.4. The Balaban J connectivity index is 0.000000224. The van der Waals surface area contributed by atoms with Crippen molar-refractivity contribution in [2.24, 2.45) is 0 Å². The molecule has 0 N–H and O–H groups in total. The first-order chi connectivity index (χ1) is 10.5. The molecule has 4 heteroatoms. The van der Waals surface area contributed by atoms with Crippen molar-refractivity contribution in [1.29, 1.82) is 0 Å². The number of hydrogen-bond acceptors (Lipinski definition) is 0. The minimum atomic E-state index is -1.65. The van der Waals surface area contributed by atoms with E-state index in [1.165, 1.54) is 30.4 Å². The number of halogens is 4. The second-order valence-corrected chi connectivity index (χ2v) is 4.73. The molecule has 0 spiro atoms. The highest BCUT2D eigenvalue weighted by molar-refractivity contribution is 5.47. The van der Waals surface area contributed by atoms with Gasteiger partial charge in [-0.05, 0) is 24.0 Å². The molecular weight excluding hydrogens is 292 g/mol. The summed E-state index contributed by atoms with van der Waals surface area (Å²) in [5.41, 5.74) is 2.64. The largest absolute Gasteiger partial charge is 0.207 e. The molecule has 0 saturated carbocycles. The van der Waals surface area contributed by atoms with Gasteiger partial charge in [0.15, 0.2) is 17.5 Å². The van der Waals surface area contributed by atoms with Gasteiger partial charge in [-0.1, -0.05) is 50.3 Å². The van der Waals surface area contributed by atoms with Gasteiger partial charge in [-0.2, -0.15) is 0 Å². The lowest BCUT2D eigenvalue weighted by atomic mass is 10.1. The van der Waals surface area contributed by atoms with Crippen LogP contribution < -0.4 is 0 Å². The molecule has 118 valence electrons. The topological polar surface area (TPSA) is 0 Å². The quantitative estimate of drug-likeness (QED) is 0.374. The van der Waals surface area contributed by atoms with Crippen LogP contribution >= 0.6 is 0 Å². The number of benzene rings is 2. The SMILES string of the molecule is C=Cc1ccc(CCCC)cc1.Fc1cc(F)c(F)c(F)c1. The van der Waals surface area contributed by atoms with Crippen LogP contribution in [0.25, 0.3) is 6.08 Å². The Morgan fingerprint density at radius 1 is 0.955 bits per heavy atom. The van der Waals surface area contributed by atoms with E-state index < -0.39 is 23.3 Å². The van der Waals surface area contributed by atoms with Crippen molar-refractivity contribution >= 4 is 6.08 Å². The van der Waals surface area contributed by atoms with Crippen molar-refractivity contribution in [3.05, 3.63) is 77.4 Å². The van der Waals surface area contributed by atoms with Crippen molar-refractivity contribution in [3.63, 3.8) is 0 Å². The average molecular weight is 310 g/mol. The highest BCUT2D eigenvalue weighted by Crippen LogP contribution is 2.11. The predicted molar refractivity (Wildman–Crippen MR) is 81.4 cm³/mol. The molecule has 2 aromatic rings. The van der Waals surface area contributed by atoms with Crippen LogP contribution in [-0.2, 0) is 6.42 Å². The number of rotatable bonds is 4. The van der Waals surface area contributed by atoms with E-state index >= 15 is 0 Å². The van der Waals surface area contributed by atoms with E-state index in [1.54, 1.807) is 0 Å². The third-order valence-electron chi connectivity index (χ3n) is 2.98. The van der Waals surface area contributed by atoms with E-state index in [9.17, 15) is 17.6 Å². The molecule has 0 saturated heterocycles. The molecule has 2 rings (SSSR count). The lowest BCUT2D eigenvalue weighted by Crippen LogP contribution is -1.91. The standard InChI is InChI=1S/C12H16.C6H2F4/c1-3-5-6-12-9-7-11(4-2)8-10-12;7-3-1-4(8)6(10)5(9)2-3/h4,7-10H,2-3,5-6H2,1H3;1-2H. The van der Waals surface area contributed by atoms with Crippen LogP contribution in [0.3, 0.4) is 0 Å². The van der Waals surface area contributed by atoms with Gasteiger partial charge in [-0.25, -0.2) is 17.6 Å². The van der Waals surface area contributed by atoms with Gasteiger partial charge in [0.2, 0.25) is 0 Å². The zero-order valence-electron chi connectivity index (χ0n) is 12.4. The fraction of sp³-hybridized carbons (Fsp3) is 0.222. The average Bonchev–Trinajstić information content (AvgIpc) is 2.51. The second kappa shape index (κ2) is 9.03. The van der Waals surface area contributed by atoms with E-state index in [0.717, 1.165) is 0 Å². The molecule has 0 heterocycles. The summed E-state index contributed by atoms with van der Waals surface area (Å²) in [5.74, 6) is -5.81. The Bertz CT molecular complexity index is 580. The van der Waals surface area contributed by atoms with Gasteiger partial charge in [-0.3, -0.25) is 0 Å². The third kappa shape index (κ3) is 5.72. The van der Waals surface area contributed by atoms with Crippen molar-refractivity contribution < 1.29 is 17.6 Å². The van der Waals surface area contributed by atoms with Crippen LogP contribution in [0.5, 0.6) is 0 Å². The van der Waals surface area contributed by atoms with Gasteiger partial charge in [0, 0.05) is 12.1 Å². The fourth-order valence-corrected chi connectivity index (χ4v) is 1.73. The Kier molecular flexibility index (Phi) is 7.37. The third-order valence-corrected chi connectivity index (χ3v) is 2.98. The van der Waals surface area contributed by atoms with Gasteiger partial charge < -0.3 is 0 Å². The van der Waals surface area contributed by atoms with Gasteiger partial charge in [-0.15, -0.1) is 0 Å². The van der Waals surface area contributed by atoms with E-state index in [0.29, 0.717) is 0 Å². The molecule has 0 nitrogen and oxygen atoms in total. The minimum absolute atomic E-state index is 0.276. The molecule has 0 aliphatic carbocycles. The fourth-order valence-electron chi connectivity index (χ4n) is 1.73. The lowest BCUT2D eigenvalue weighted by molar-refractivity contribution is 0.434. The first-order valence-electron chi connectivity index (χ1n) is 6.99. The van der Waals surface area contributed by atoms with Crippen LogP contribution in [0, 0.1) is 23.3 Å². The van der Waals surface area contributed by atoms with Crippen LogP contribution in [0.1, 0.15) is 30.9 Å². The molecule has 22 heavy (non-hydrogen) atoms. The van der Waals surface area contributed by atoms with Gasteiger partial charge in [0.05, 0.1) is 0 Å². The maximum Gasteiger partial charge on any atom is 0.194 e. The number of aryl methyl sites for hydroxylation is 1. The van der Waals surface area contributed by atoms with Crippen LogP contribution in [0.2, 0.25) is 0 Å². The molecule has 0 amide bonds. The van der Waals surface area contributed by atoms with Gasteiger partial charge in [0.25, 0.3) is 0 Å². The predicted octanol–water partition coefficient (Wildman–Crippen LogP) is 5.92. The summed E-state index contributed by atoms with van der Waals surface area (Å²) in [6, 6.07) is 9.17.